The van der Waals surface area contributed by atoms with Crippen LogP contribution >= 0.6 is 0 Å². The maximum Gasteiger partial charge on any atom is 0.251 e. The number of amides is 1. The molecule has 1 amide bonds. The molecule has 100 valence electrons. The molecule has 4 heteroatoms. The van der Waals surface area contributed by atoms with E-state index < -0.39 is 6.10 Å². The van der Waals surface area contributed by atoms with Gasteiger partial charge in [-0.2, -0.15) is 0 Å². The SMILES string of the molecule is CC(O)C(=O)N(CC1CCNC[C@H]1C)C(C)C. The number of aliphatic hydroxyl groups excluding tert-OH is 1. The molecule has 0 aliphatic carbocycles. The average molecular weight is 242 g/mol. The van der Waals surface area contributed by atoms with Gasteiger partial charge < -0.3 is 15.3 Å². The van der Waals surface area contributed by atoms with E-state index in [1.807, 2.05) is 18.7 Å². The van der Waals surface area contributed by atoms with Crippen molar-refractivity contribution in [3.63, 3.8) is 0 Å². The summed E-state index contributed by atoms with van der Waals surface area (Å²) in [5.41, 5.74) is 0. The van der Waals surface area contributed by atoms with Crippen molar-refractivity contribution < 1.29 is 9.90 Å². The Labute approximate surface area is 104 Å². The average Bonchev–Trinajstić information content (AvgIpc) is 2.26. The van der Waals surface area contributed by atoms with Gasteiger partial charge in [-0.15, -0.1) is 0 Å². The van der Waals surface area contributed by atoms with Crippen molar-refractivity contribution in [3.8, 4) is 0 Å². The summed E-state index contributed by atoms with van der Waals surface area (Å²) >= 11 is 0. The molecule has 0 bridgehead atoms. The zero-order valence-corrected chi connectivity index (χ0v) is 11.4. The Balaban J connectivity index is 2.62. The Kier molecular flexibility index (Phi) is 5.40. The minimum atomic E-state index is -0.894. The Morgan fingerprint density at radius 2 is 2.12 bits per heavy atom. The van der Waals surface area contributed by atoms with Gasteiger partial charge in [0.2, 0.25) is 0 Å². The van der Waals surface area contributed by atoms with E-state index >= 15 is 0 Å². The molecule has 0 aromatic carbocycles. The van der Waals surface area contributed by atoms with Crippen LogP contribution in [-0.4, -0.2) is 47.7 Å². The molecule has 1 saturated heterocycles. The van der Waals surface area contributed by atoms with Crippen molar-refractivity contribution in [1.29, 1.82) is 0 Å². The van der Waals surface area contributed by atoms with Crippen molar-refractivity contribution >= 4 is 5.91 Å². The summed E-state index contributed by atoms with van der Waals surface area (Å²) in [6, 6.07) is 0.152. The van der Waals surface area contributed by atoms with E-state index in [9.17, 15) is 9.90 Å². The normalized spacial score (nSPS) is 26.9. The quantitative estimate of drug-likeness (QED) is 0.768. The van der Waals surface area contributed by atoms with E-state index in [4.69, 9.17) is 0 Å². The first-order valence-electron chi connectivity index (χ1n) is 6.62. The number of nitrogens with zero attached hydrogens (tertiary/aromatic N) is 1. The second kappa shape index (κ2) is 6.36. The second-order valence-corrected chi connectivity index (χ2v) is 5.49. The first-order valence-corrected chi connectivity index (χ1v) is 6.62. The number of hydrogen-bond donors (Lipinski definition) is 2. The van der Waals surface area contributed by atoms with Gasteiger partial charge in [0.1, 0.15) is 6.10 Å². The monoisotopic (exact) mass is 242 g/mol. The van der Waals surface area contributed by atoms with Gasteiger partial charge in [0, 0.05) is 12.6 Å². The molecule has 2 unspecified atom stereocenters. The van der Waals surface area contributed by atoms with Gasteiger partial charge in [-0.3, -0.25) is 4.79 Å². The fourth-order valence-electron chi connectivity index (χ4n) is 2.39. The number of rotatable bonds is 4. The smallest absolute Gasteiger partial charge is 0.251 e. The van der Waals surface area contributed by atoms with Crippen LogP contribution in [-0.2, 0) is 4.79 Å². The third-order valence-electron chi connectivity index (χ3n) is 3.66. The number of piperidine rings is 1. The van der Waals surface area contributed by atoms with Crippen LogP contribution in [0, 0.1) is 11.8 Å². The van der Waals surface area contributed by atoms with Gasteiger partial charge >= 0.3 is 0 Å². The lowest BCUT2D eigenvalue weighted by Crippen LogP contribution is -2.48. The summed E-state index contributed by atoms with van der Waals surface area (Å²) in [5.74, 6) is 0.985. The molecule has 0 radical (unpaired) electrons. The second-order valence-electron chi connectivity index (χ2n) is 5.49. The van der Waals surface area contributed by atoms with Crippen LogP contribution in [0.4, 0.5) is 0 Å². The Bertz CT molecular complexity index is 254. The topological polar surface area (TPSA) is 52.6 Å². The highest BCUT2D eigenvalue weighted by Gasteiger charge is 2.28. The van der Waals surface area contributed by atoms with Crippen LogP contribution in [0.3, 0.4) is 0 Å². The molecule has 2 N–H and O–H groups in total. The van der Waals surface area contributed by atoms with Crippen LogP contribution < -0.4 is 5.32 Å². The summed E-state index contributed by atoms with van der Waals surface area (Å²) in [4.78, 5) is 13.7. The number of nitrogens with one attached hydrogen (secondary N) is 1. The highest BCUT2D eigenvalue weighted by molar-refractivity contribution is 5.80. The minimum Gasteiger partial charge on any atom is -0.384 e. The molecular weight excluding hydrogens is 216 g/mol. The lowest BCUT2D eigenvalue weighted by Gasteiger charge is -2.36. The lowest BCUT2D eigenvalue weighted by atomic mass is 9.87. The molecule has 1 aliphatic heterocycles. The van der Waals surface area contributed by atoms with E-state index in [0.717, 1.165) is 26.1 Å². The Morgan fingerprint density at radius 3 is 2.59 bits per heavy atom. The molecule has 4 nitrogen and oxygen atoms in total. The first-order chi connectivity index (χ1) is 7.93. The molecule has 0 aromatic rings. The predicted octanol–water partition coefficient (Wildman–Crippen LogP) is 0.850. The van der Waals surface area contributed by atoms with Gasteiger partial charge in [-0.1, -0.05) is 6.92 Å². The minimum absolute atomic E-state index is 0.147. The number of carbonyl (C=O) groups excluding carboxylic acids is 1. The van der Waals surface area contributed by atoms with Crippen molar-refractivity contribution in [3.05, 3.63) is 0 Å². The van der Waals surface area contributed by atoms with E-state index in [1.165, 1.54) is 0 Å². The van der Waals surface area contributed by atoms with Gasteiger partial charge in [-0.25, -0.2) is 0 Å². The van der Waals surface area contributed by atoms with Crippen molar-refractivity contribution in [2.45, 2.75) is 46.3 Å². The summed E-state index contributed by atoms with van der Waals surface area (Å²) in [7, 11) is 0. The van der Waals surface area contributed by atoms with Crippen molar-refractivity contribution in [1.82, 2.24) is 10.2 Å². The van der Waals surface area contributed by atoms with Crippen LogP contribution in [0.25, 0.3) is 0 Å². The molecule has 17 heavy (non-hydrogen) atoms. The molecule has 1 fully saturated rings. The van der Waals surface area contributed by atoms with E-state index in [2.05, 4.69) is 12.2 Å². The molecular formula is C13H26N2O2. The summed E-state index contributed by atoms with van der Waals surface area (Å²) in [5, 5.41) is 12.8. The zero-order valence-electron chi connectivity index (χ0n) is 11.4. The molecule has 0 saturated carbocycles. The highest BCUT2D eigenvalue weighted by Crippen LogP contribution is 2.21. The van der Waals surface area contributed by atoms with Crippen LogP contribution in [0.2, 0.25) is 0 Å². The van der Waals surface area contributed by atoms with Crippen LogP contribution in [0.15, 0.2) is 0 Å². The Hall–Kier alpha value is -0.610. The predicted molar refractivity (Wildman–Crippen MR) is 68.7 cm³/mol. The van der Waals surface area contributed by atoms with Gasteiger partial charge in [0.25, 0.3) is 5.91 Å². The molecule has 1 rings (SSSR count). The largest absolute Gasteiger partial charge is 0.384 e. The molecule has 0 aromatic heterocycles. The van der Waals surface area contributed by atoms with E-state index in [-0.39, 0.29) is 11.9 Å². The van der Waals surface area contributed by atoms with E-state index in [0.29, 0.717) is 11.8 Å². The zero-order chi connectivity index (χ0) is 13.0. The van der Waals surface area contributed by atoms with Crippen LogP contribution in [0.5, 0.6) is 0 Å². The summed E-state index contributed by atoms with van der Waals surface area (Å²) in [6.07, 6.45) is 0.215. The molecule has 0 spiro atoms. The van der Waals surface area contributed by atoms with Gasteiger partial charge in [-0.05, 0) is 52.1 Å². The maximum atomic E-state index is 11.9. The standard InChI is InChI=1S/C13H26N2O2/c1-9(2)15(13(17)11(4)16)8-12-5-6-14-7-10(12)3/h9-12,14,16H,5-8H2,1-4H3/t10-,11?,12?/m1/s1. The summed E-state index contributed by atoms with van der Waals surface area (Å²) < 4.78 is 0. The summed E-state index contributed by atoms with van der Waals surface area (Å²) in [6.45, 7) is 10.6. The fraction of sp³-hybridized carbons (Fsp3) is 0.923. The highest BCUT2D eigenvalue weighted by atomic mass is 16.3. The first kappa shape index (κ1) is 14.5. The van der Waals surface area contributed by atoms with Crippen molar-refractivity contribution in [2.24, 2.45) is 11.8 Å². The molecule has 1 heterocycles. The number of hydrogen-bond acceptors (Lipinski definition) is 3. The van der Waals surface area contributed by atoms with E-state index in [1.54, 1.807) is 6.92 Å². The fourth-order valence-corrected chi connectivity index (χ4v) is 2.39. The Morgan fingerprint density at radius 1 is 1.47 bits per heavy atom. The van der Waals surface area contributed by atoms with Gasteiger partial charge in [0.15, 0.2) is 0 Å². The maximum absolute atomic E-state index is 11.9. The third kappa shape index (κ3) is 3.96. The van der Waals surface area contributed by atoms with Crippen LogP contribution in [0.1, 0.15) is 34.1 Å². The molecule has 3 atom stereocenters. The number of carbonyl (C=O) groups is 1. The third-order valence-corrected chi connectivity index (χ3v) is 3.66. The van der Waals surface area contributed by atoms with Crippen molar-refractivity contribution in [2.75, 3.05) is 19.6 Å². The number of aliphatic hydroxyl groups is 1. The lowest BCUT2D eigenvalue weighted by molar-refractivity contribution is -0.142. The molecule has 1 aliphatic rings. The van der Waals surface area contributed by atoms with Gasteiger partial charge in [0.05, 0.1) is 0 Å².